The van der Waals surface area contributed by atoms with Gasteiger partial charge in [0.1, 0.15) is 4.90 Å². The molecule has 5 nitrogen and oxygen atoms in total. The molecule has 1 heterocycles. The molecule has 1 fully saturated rings. The second-order valence-electron chi connectivity index (χ2n) is 4.67. The van der Waals surface area contributed by atoms with Crippen LogP contribution < -0.4 is 9.88 Å². The van der Waals surface area contributed by atoms with Crippen molar-refractivity contribution in [3.8, 4) is 5.88 Å². The summed E-state index contributed by atoms with van der Waals surface area (Å²) < 4.78 is 28.3. The average Bonchev–Trinajstić information content (AvgIpc) is 2.37. The Morgan fingerprint density at radius 3 is 2.72 bits per heavy atom. The van der Waals surface area contributed by atoms with Crippen LogP contribution in [0, 0.1) is 5.92 Å². The van der Waals surface area contributed by atoms with Gasteiger partial charge in [0.2, 0.25) is 15.9 Å². The third-order valence-electron chi connectivity index (χ3n) is 3.22. The van der Waals surface area contributed by atoms with Crippen molar-refractivity contribution in [2.45, 2.75) is 37.0 Å². The van der Waals surface area contributed by atoms with Crippen LogP contribution in [0.5, 0.6) is 5.88 Å². The van der Waals surface area contributed by atoms with Gasteiger partial charge in [0.25, 0.3) is 0 Å². The molecule has 0 saturated heterocycles. The number of nitrogens with two attached hydrogens (primary N) is 1. The predicted molar refractivity (Wildman–Crippen MR) is 67.7 cm³/mol. The maximum Gasteiger partial charge on any atom is 0.243 e. The fraction of sp³-hybridized carbons (Fsp3) is 0.583. The topological polar surface area (TPSA) is 82.3 Å². The normalized spacial score (nSPS) is 17.6. The molecule has 1 aliphatic rings. The van der Waals surface area contributed by atoms with Gasteiger partial charge in [-0.3, -0.25) is 0 Å². The monoisotopic (exact) mass is 270 g/mol. The lowest BCUT2D eigenvalue weighted by molar-refractivity contribution is 0.198. The van der Waals surface area contributed by atoms with Gasteiger partial charge in [-0.2, -0.15) is 0 Å². The summed E-state index contributed by atoms with van der Waals surface area (Å²) in [6.07, 6.45) is 7.50. The van der Waals surface area contributed by atoms with E-state index in [9.17, 15) is 8.42 Å². The van der Waals surface area contributed by atoms with Gasteiger partial charge >= 0.3 is 0 Å². The van der Waals surface area contributed by atoms with Gasteiger partial charge in [-0.25, -0.2) is 18.5 Å². The van der Waals surface area contributed by atoms with E-state index in [1.807, 2.05) is 0 Å². The van der Waals surface area contributed by atoms with Gasteiger partial charge in [0, 0.05) is 6.20 Å². The fourth-order valence-corrected chi connectivity index (χ4v) is 2.87. The summed E-state index contributed by atoms with van der Waals surface area (Å²) in [7, 11) is -3.77. The number of sulfonamides is 1. The third kappa shape index (κ3) is 3.43. The van der Waals surface area contributed by atoms with Crippen molar-refractivity contribution in [1.82, 2.24) is 4.98 Å². The lowest BCUT2D eigenvalue weighted by Gasteiger charge is -2.21. The van der Waals surface area contributed by atoms with Crippen LogP contribution in [0.1, 0.15) is 32.1 Å². The summed E-state index contributed by atoms with van der Waals surface area (Å²) in [4.78, 5) is 3.91. The molecule has 1 saturated carbocycles. The number of ether oxygens (including phenoxy) is 1. The van der Waals surface area contributed by atoms with Gasteiger partial charge in [-0.15, -0.1) is 0 Å². The predicted octanol–water partition coefficient (Wildman–Crippen LogP) is 1.69. The van der Waals surface area contributed by atoms with E-state index in [1.54, 1.807) is 0 Å². The van der Waals surface area contributed by atoms with E-state index in [2.05, 4.69) is 4.98 Å². The van der Waals surface area contributed by atoms with Gasteiger partial charge in [0.05, 0.1) is 6.61 Å². The number of hydrogen-bond acceptors (Lipinski definition) is 4. The molecule has 0 bridgehead atoms. The van der Waals surface area contributed by atoms with Gasteiger partial charge in [0.15, 0.2) is 0 Å². The Bertz CT molecular complexity index is 496. The zero-order valence-corrected chi connectivity index (χ0v) is 11.0. The second kappa shape index (κ2) is 5.67. The van der Waals surface area contributed by atoms with E-state index in [4.69, 9.17) is 9.88 Å². The third-order valence-corrected chi connectivity index (χ3v) is 4.15. The van der Waals surface area contributed by atoms with Crippen molar-refractivity contribution in [3.63, 3.8) is 0 Å². The first-order chi connectivity index (χ1) is 8.57. The first kappa shape index (κ1) is 13.3. The van der Waals surface area contributed by atoms with E-state index in [0.29, 0.717) is 12.5 Å². The molecule has 0 aromatic carbocycles. The summed E-state index contributed by atoms with van der Waals surface area (Å²) in [6.45, 7) is 0.513. The highest BCUT2D eigenvalue weighted by molar-refractivity contribution is 7.89. The minimum absolute atomic E-state index is 0.0409. The molecule has 1 aliphatic carbocycles. The molecule has 100 valence electrons. The SMILES string of the molecule is NS(=O)(=O)c1cccnc1OCC1CCCCC1. The van der Waals surface area contributed by atoms with Gasteiger partial charge < -0.3 is 4.74 Å². The lowest BCUT2D eigenvalue weighted by Crippen LogP contribution is -2.19. The number of nitrogens with zero attached hydrogens (tertiary/aromatic N) is 1. The van der Waals surface area contributed by atoms with Crippen LogP contribution in [0.25, 0.3) is 0 Å². The van der Waals surface area contributed by atoms with Gasteiger partial charge in [-0.05, 0) is 30.9 Å². The van der Waals surface area contributed by atoms with Crippen LogP contribution in [-0.2, 0) is 10.0 Å². The van der Waals surface area contributed by atoms with Crippen molar-refractivity contribution >= 4 is 10.0 Å². The Hall–Kier alpha value is -1.14. The number of hydrogen-bond donors (Lipinski definition) is 1. The summed E-state index contributed by atoms with van der Waals surface area (Å²) in [5, 5.41) is 5.12. The molecule has 2 N–H and O–H groups in total. The molecular weight excluding hydrogens is 252 g/mol. The molecule has 1 aromatic heterocycles. The van der Waals surface area contributed by atoms with Gasteiger partial charge in [-0.1, -0.05) is 19.3 Å². The second-order valence-corrected chi connectivity index (χ2v) is 6.20. The van der Waals surface area contributed by atoms with E-state index >= 15 is 0 Å². The van der Waals surface area contributed by atoms with E-state index in [-0.39, 0.29) is 10.8 Å². The van der Waals surface area contributed by atoms with Crippen molar-refractivity contribution in [1.29, 1.82) is 0 Å². The van der Waals surface area contributed by atoms with E-state index in [1.165, 1.54) is 37.6 Å². The van der Waals surface area contributed by atoms with Crippen molar-refractivity contribution < 1.29 is 13.2 Å². The average molecular weight is 270 g/mol. The molecule has 0 atom stereocenters. The zero-order valence-electron chi connectivity index (χ0n) is 10.2. The highest BCUT2D eigenvalue weighted by Gasteiger charge is 2.19. The maximum atomic E-state index is 11.4. The van der Waals surface area contributed by atoms with Crippen molar-refractivity contribution in [2.75, 3.05) is 6.61 Å². The minimum Gasteiger partial charge on any atom is -0.476 e. The Labute approximate surface area is 107 Å². The molecule has 2 rings (SSSR count). The molecule has 0 unspecified atom stereocenters. The molecule has 18 heavy (non-hydrogen) atoms. The van der Waals surface area contributed by atoms with Crippen molar-refractivity contribution in [2.24, 2.45) is 11.1 Å². The lowest BCUT2D eigenvalue weighted by atomic mass is 9.90. The fourth-order valence-electron chi connectivity index (χ4n) is 2.25. The Morgan fingerprint density at radius 1 is 1.33 bits per heavy atom. The summed E-state index contributed by atoms with van der Waals surface area (Å²) >= 11 is 0. The highest BCUT2D eigenvalue weighted by atomic mass is 32.2. The first-order valence-corrected chi connectivity index (χ1v) is 7.72. The maximum absolute atomic E-state index is 11.4. The van der Waals surface area contributed by atoms with Crippen LogP contribution in [0.15, 0.2) is 23.2 Å². The molecule has 1 aromatic rings. The molecule has 0 aliphatic heterocycles. The summed E-state index contributed by atoms with van der Waals surface area (Å²) in [6, 6.07) is 2.95. The van der Waals surface area contributed by atoms with Crippen LogP contribution in [0.3, 0.4) is 0 Å². The number of aromatic nitrogens is 1. The quantitative estimate of drug-likeness (QED) is 0.902. The molecule has 6 heteroatoms. The number of primary sulfonamides is 1. The van der Waals surface area contributed by atoms with Crippen LogP contribution in [-0.4, -0.2) is 20.0 Å². The molecule has 0 amide bonds. The Balaban J connectivity index is 2.05. The standard InChI is InChI=1S/C12H18N2O3S/c13-18(15,16)11-7-4-8-14-12(11)17-9-10-5-2-1-3-6-10/h4,7-8,10H,1-3,5-6,9H2,(H2,13,15,16). The number of rotatable bonds is 4. The summed E-state index contributed by atoms with van der Waals surface area (Å²) in [5.41, 5.74) is 0. The Kier molecular flexibility index (Phi) is 4.19. The zero-order chi connectivity index (χ0) is 13.0. The number of pyridine rings is 1. The summed E-state index contributed by atoms with van der Waals surface area (Å²) in [5.74, 6) is 0.611. The Morgan fingerprint density at radius 2 is 2.06 bits per heavy atom. The van der Waals surface area contributed by atoms with Crippen LogP contribution >= 0.6 is 0 Å². The highest BCUT2D eigenvalue weighted by Crippen LogP contribution is 2.25. The van der Waals surface area contributed by atoms with Crippen molar-refractivity contribution in [3.05, 3.63) is 18.3 Å². The van der Waals surface area contributed by atoms with Crippen LogP contribution in [0.4, 0.5) is 0 Å². The smallest absolute Gasteiger partial charge is 0.243 e. The first-order valence-electron chi connectivity index (χ1n) is 6.18. The largest absolute Gasteiger partial charge is 0.476 e. The van der Waals surface area contributed by atoms with Crippen LogP contribution in [0.2, 0.25) is 0 Å². The molecule has 0 spiro atoms. The molecule has 0 radical (unpaired) electrons. The molecular formula is C12H18N2O3S. The van der Waals surface area contributed by atoms with E-state index < -0.39 is 10.0 Å². The van der Waals surface area contributed by atoms with E-state index in [0.717, 1.165) is 12.8 Å². The minimum atomic E-state index is -3.77.